The molecule has 1 rings (SSSR count). The first-order chi connectivity index (χ1) is 11.1. The topological polar surface area (TPSA) is 43.4 Å². The quantitative estimate of drug-likeness (QED) is 0.282. The van der Waals surface area contributed by atoms with Crippen molar-refractivity contribution in [2.75, 3.05) is 6.61 Å². The molecule has 0 aliphatic heterocycles. The van der Waals surface area contributed by atoms with Gasteiger partial charge < -0.3 is 4.74 Å². The van der Waals surface area contributed by atoms with Gasteiger partial charge in [0.2, 0.25) is 0 Å². The maximum Gasteiger partial charge on any atom is 0.379 e. The fourth-order valence-electron chi connectivity index (χ4n) is 2.08. The number of benzene rings is 1. The summed E-state index contributed by atoms with van der Waals surface area (Å²) in [5.74, 6) is -1.40. The highest BCUT2D eigenvalue weighted by Crippen LogP contribution is 2.12. The molecule has 3 heteroatoms. The van der Waals surface area contributed by atoms with Crippen molar-refractivity contribution in [3.63, 3.8) is 0 Å². The molecule has 0 atom stereocenters. The van der Waals surface area contributed by atoms with Crippen molar-refractivity contribution < 1.29 is 14.3 Å². The number of carbonyl (C=O) groups is 2. The van der Waals surface area contributed by atoms with Gasteiger partial charge in [-0.2, -0.15) is 0 Å². The average molecular weight is 314 g/mol. The first-order valence-electron chi connectivity index (χ1n) is 8.18. The van der Waals surface area contributed by atoms with Crippen LogP contribution in [-0.4, -0.2) is 18.4 Å². The van der Waals surface area contributed by atoms with Gasteiger partial charge >= 0.3 is 5.97 Å². The molecule has 1 aromatic rings. The van der Waals surface area contributed by atoms with Crippen molar-refractivity contribution in [3.05, 3.63) is 59.2 Å². The van der Waals surface area contributed by atoms with E-state index < -0.39 is 11.8 Å². The zero-order chi connectivity index (χ0) is 17.1. The molecule has 0 aromatic heterocycles. The number of hydrogen-bond acceptors (Lipinski definition) is 3. The molecule has 3 nitrogen and oxygen atoms in total. The second-order valence-electron chi connectivity index (χ2n) is 5.45. The van der Waals surface area contributed by atoms with E-state index in [9.17, 15) is 9.59 Å². The maximum atomic E-state index is 11.9. The predicted molar refractivity (Wildman–Crippen MR) is 93.4 cm³/mol. The third kappa shape index (κ3) is 7.09. The van der Waals surface area contributed by atoms with E-state index in [4.69, 9.17) is 4.74 Å². The van der Waals surface area contributed by atoms with Crippen LogP contribution in [0.4, 0.5) is 0 Å². The summed E-state index contributed by atoms with van der Waals surface area (Å²) in [4.78, 5) is 23.6. The van der Waals surface area contributed by atoms with Gasteiger partial charge in [0.25, 0.3) is 5.78 Å². The second-order valence-corrected chi connectivity index (χ2v) is 5.45. The Labute approximate surface area is 139 Å². The van der Waals surface area contributed by atoms with Crippen LogP contribution in [0.15, 0.2) is 53.6 Å². The highest BCUT2D eigenvalue weighted by atomic mass is 16.5. The minimum atomic E-state index is -0.801. The van der Waals surface area contributed by atoms with Crippen molar-refractivity contribution in [1.82, 2.24) is 0 Å². The van der Waals surface area contributed by atoms with Crippen LogP contribution >= 0.6 is 0 Å². The Balaban J connectivity index is 2.46. The third-order valence-corrected chi connectivity index (χ3v) is 3.78. The molecule has 0 heterocycles. The molecule has 23 heavy (non-hydrogen) atoms. The largest absolute Gasteiger partial charge is 0.455 e. The number of carbonyl (C=O) groups excluding carboxylic acids is 2. The molecule has 0 aliphatic carbocycles. The summed E-state index contributed by atoms with van der Waals surface area (Å²) in [6, 6.07) is 8.47. The molecule has 0 saturated heterocycles. The van der Waals surface area contributed by atoms with Crippen LogP contribution in [0.5, 0.6) is 0 Å². The summed E-state index contributed by atoms with van der Waals surface area (Å²) in [6.07, 6.45) is 8.10. The first kappa shape index (κ1) is 18.9. The summed E-state index contributed by atoms with van der Waals surface area (Å²) in [5, 5.41) is 0. The second kappa shape index (κ2) is 10.5. The Hall–Kier alpha value is -2.16. The van der Waals surface area contributed by atoms with Crippen LogP contribution in [0.3, 0.4) is 0 Å². The number of hydrogen-bond donors (Lipinski definition) is 0. The van der Waals surface area contributed by atoms with E-state index in [1.807, 2.05) is 6.08 Å². The molecular weight excluding hydrogens is 288 g/mol. The molecule has 0 radical (unpaired) electrons. The van der Waals surface area contributed by atoms with Gasteiger partial charge in [0.15, 0.2) is 0 Å². The molecule has 0 saturated carbocycles. The standard InChI is InChI=1S/C20H26O3/c1-4-16(3)10-9-11-17(5-2)14-15-23-20(22)19(21)18-12-7-6-8-13-18/h6-8,10,12-14H,4-5,9,11,15H2,1-3H3. The van der Waals surface area contributed by atoms with Crippen molar-refractivity contribution in [2.45, 2.75) is 46.5 Å². The molecule has 0 aliphatic rings. The normalized spacial score (nSPS) is 12.1. The van der Waals surface area contributed by atoms with E-state index in [1.54, 1.807) is 30.3 Å². The van der Waals surface area contributed by atoms with E-state index >= 15 is 0 Å². The van der Waals surface area contributed by atoms with Crippen LogP contribution in [-0.2, 0) is 9.53 Å². The zero-order valence-corrected chi connectivity index (χ0v) is 14.3. The molecule has 0 amide bonds. The summed E-state index contributed by atoms with van der Waals surface area (Å²) in [5.41, 5.74) is 2.99. The molecule has 0 bridgehead atoms. The van der Waals surface area contributed by atoms with Crippen molar-refractivity contribution in [1.29, 1.82) is 0 Å². The highest BCUT2D eigenvalue weighted by molar-refractivity contribution is 6.40. The van der Waals surface area contributed by atoms with E-state index in [-0.39, 0.29) is 6.61 Å². The fraction of sp³-hybridized carbons (Fsp3) is 0.400. The minimum absolute atomic E-state index is 0.150. The van der Waals surface area contributed by atoms with Crippen LogP contribution in [0.25, 0.3) is 0 Å². The van der Waals surface area contributed by atoms with Gasteiger partial charge in [0.05, 0.1) is 0 Å². The molecular formula is C20H26O3. The van der Waals surface area contributed by atoms with E-state index in [0.29, 0.717) is 5.56 Å². The summed E-state index contributed by atoms with van der Waals surface area (Å²) in [6.45, 7) is 6.51. The predicted octanol–water partition coefficient (Wildman–Crippen LogP) is 4.89. The Morgan fingerprint density at radius 2 is 1.74 bits per heavy atom. The lowest BCUT2D eigenvalue weighted by atomic mass is 10.1. The maximum absolute atomic E-state index is 11.9. The van der Waals surface area contributed by atoms with Crippen molar-refractivity contribution >= 4 is 11.8 Å². The molecule has 1 aromatic carbocycles. The van der Waals surface area contributed by atoms with Gasteiger partial charge in [-0.1, -0.05) is 61.4 Å². The van der Waals surface area contributed by atoms with E-state index in [0.717, 1.165) is 25.7 Å². The van der Waals surface area contributed by atoms with Crippen LogP contribution in [0.2, 0.25) is 0 Å². The monoisotopic (exact) mass is 314 g/mol. The minimum Gasteiger partial charge on any atom is -0.455 e. The van der Waals surface area contributed by atoms with E-state index in [2.05, 4.69) is 26.8 Å². The van der Waals surface area contributed by atoms with Gasteiger partial charge in [-0.25, -0.2) is 4.79 Å². The van der Waals surface area contributed by atoms with Crippen LogP contribution in [0, 0.1) is 0 Å². The molecule has 0 N–H and O–H groups in total. The Morgan fingerprint density at radius 3 is 2.35 bits per heavy atom. The summed E-state index contributed by atoms with van der Waals surface area (Å²) < 4.78 is 5.06. The molecule has 0 spiro atoms. The fourth-order valence-corrected chi connectivity index (χ4v) is 2.08. The van der Waals surface area contributed by atoms with E-state index in [1.165, 1.54) is 11.1 Å². The zero-order valence-electron chi connectivity index (χ0n) is 14.3. The Morgan fingerprint density at radius 1 is 1.04 bits per heavy atom. The number of rotatable bonds is 9. The molecule has 0 fully saturated rings. The highest BCUT2D eigenvalue weighted by Gasteiger charge is 2.16. The Bertz CT molecular complexity index is 568. The smallest absolute Gasteiger partial charge is 0.379 e. The lowest BCUT2D eigenvalue weighted by Gasteiger charge is -2.05. The summed E-state index contributed by atoms with van der Waals surface area (Å²) >= 11 is 0. The van der Waals surface area contributed by atoms with Crippen molar-refractivity contribution in [2.24, 2.45) is 0 Å². The van der Waals surface area contributed by atoms with Crippen LogP contribution in [0.1, 0.15) is 56.8 Å². The number of Topliss-reactive ketones (excluding diaryl/α,β-unsaturated/α-hetero) is 1. The summed E-state index contributed by atoms with van der Waals surface area (Å²) in [7, 11) is 0. The van der Waals surface area contributed by atoms with Gasteiger partial charge in [-0.15, -0.1) is 0 Å². The number of ketones is 1. The Kier molecular flexibility index (Phi) is 8.66. The van der Waals surface area contributed by atoms with Gasteiger partial charge in [-0.3, -0.25) is 4.79 Å². The lowest BCUT2D eigenvalue weighted by Crippen LogP contribution is -2.17. The first-order valence-corrected chi connectivity index (χ1v) is 8.18. The van der Waals surface area contributed by atoms with Crippen molar-refractivity contribution in [3.8, 4) is 0 Å². The lowest BCUT2D eigenvalue weighted by molar-refractivity contribution is -0.136. The molecule has 0 unspecified atom stereocenters. The average Bonchev–Trinajstić information content (AvgIpc) is 2.59. The SMILES string of the molecule is CCC(C)=CCCC(=CCOC(=O)C(=O)c1ccccc1)CC. The van der Waals surface area contributed by atoms with Gasteiger partial charge in [-0.05, 0) is 38.7 Å². The third-order valence-electron chi connectivity index (χ3n) is 3.78. The van der Waals surface area contributed by atoms with Crippen LogP contribution < -0.4 is 0 Å². The number of allylic oxidation sites excluding steroid dienone is 3. The van der Waals surface area contributed by atoms with Gasteiger partial charge in [0.1, 0.15) is 6.61 Å². The number of esters is 1. The van der Waals surface area contributed by atoms with Gasteiger partial charge in [0, 0.05) is 5.56 Å². The molecule has 124 valence electrons. The number of ether oxygens (including phenoxy) is 1.